The molecule has 0 amide bonds. The van der Waals surface area contributed by atoms with Gasteiger partial charge >= 0.3 is 0 Å². The van der Waals surface area contributed by atoms with Crippen LogP contribution in [0.5, 0.6) is 0 Å². The molecule has 0 bridgehead atoms. The summed E-state index contributed by atoms with van der Waals surface area (Å²) in [5.74, 6) is 0. The Morgan fingerprint density at radius 1 is 1.42 bits per heavy atom. The van der Waals surface area contributed by atoms with E-state index in [1.165, 1.54) is 0 Å². The van der Waals surface area contributed by atoms with E-state index in [-0.39, 0.29) is 6.61 Å². The van der Waals surface area contributed by atoms with Crippen molar-refractivity contribution < 1.29 is 20.1 Å². The molecule has 0 saturated carbocycles. The molecule has 0 aromatic heterocycles. The zero-order valence-electron chi connectivity index (χ0n) is 6.92. The molecule has 1 unspecified atom stereocenters. The fourth-order valence-corrected chi connectivity index (χ4v) is 1.34. The minimum Gasteiger partial charge on any atom is -0.395 e. The second kappa shape index (κ2) is 3.68. The summed E-state index contributed by atoms with van der Waals surface area (Å²) in [7, 11) is 0. The summed E-state index contributed by atoms with van der Waals surface area (Å²) in [6.45, 7) is 1.39. The Morgan fingerprint density at radius 2 is 2.00 bits per heavy atom. The summed E-state index contributed by atoms with van der Waals surface area (Å²) in [5.41, 5.74) is 5.45. The van der Waals surface area contributed by atoms with Crippen LogP contribution >= 0.6 is 0 Å². The number of hydrogen-bond acceptors (Lipinski definition) is 5. The lowest BCUT2D eigenvalue weighted by Crippen LogP contribution is -2.45. The predicted octanol–water partition coefficient (Wildman–Crippen LogP) is -2.18. The molecule has 1 aliphatic heterocycles. The zero-order valence-corrected chi connectivity index (χ0v) is 6.92. The third-order valence-electron chi connectivity index (χ3n) is 2.17. The molecule has 1 rings (SSSR count). The van der Waals surface area contributed by atoms with Gasteiger partial charge in [-0.15, -0.1) is 0 Å². The van der Waals surface area contributed by atoms with Crippen molar-refractivity contribution in [3.05, 3.63) is 0 Å². The molecule has 1 fully saturated rings. The minimum atomic E-state index is -0.998. The molecule has 0 aromatic carbocycles. The van der Waals surface area contributed by atoms with Crippen molar-refractivity contribution in [2.75, 3.05) is 6.61 Å². The average Bonchev–Trinajstić information content (AvgIpc) is 2.32. The van der Waals surface area contributed by atoms with Crippen molar-refractivity contribution in [3.8, 4) is 0 Å². The van der Waals surface area contributed by atoms with Gasteiger partial charge in [0, 0.05) is 0 Å². The fourth-order valence-electron chi connectivity index (χ4n) is 1.34. The van der Waals surface area contributed by atoms with E-state index in [1.54, 1.807) is 6.92 Å². The van der Waals surface area contributed by atoms with E-state index in [2.05, 4.69) is 0 Å². The van der Waals surface area contributed by atoms with E-state index in [0.717, 1.165) is 0 Å². The van der Waals surface area contributed by atoms with Gasteiger partial charge in [-0.05, 0) is 6.92 Å². The highest BCUT2D eigenvalue weighted by Crippen LogP contribution is 2.22. The van der Waals surface area contributed by atoms with Gasteiger partial charge in [0.2, 0.25) is 0 Å². The smallest absolute Gasteiger partial charge is 0.110 e. The van der Waals surface area contributed by atoms with E-state index >= 15 is 0 Å². The molecular formula is C7H15NO4. The molecule has 0 aromatic rings. The van der Waals surface area contributed by atoms with Gasteiger partial charge < -0.3 is 25.8 Å². The van der Waals surface area contributed by atoms with Gasteiger partial charge in [0.25, 0.3) is 0 Å². The molecule has 0 spiro atoms. The molecule has 72 valence electrons. The SMILES string of the molecule is C[C@@H]1O[C@H]([C@H](N)CO)[C@H](O)C1O. The van der Waals surface area contributed by atoms with Crippen LogP contribution in [0.1, 0.15) is 6.92 Å². The van der Waals surface area contributed by atoms with Crippen molar-refractivity contribution >= 4 is 0 Å². The third-order valence-corrected chi connectivity index (χ3v) is 2.17. The van der Waals surface area contributed by atoms with E-state index in [0.29, 0.717) is 0 Å². The highest BCUT2D eigenvalue weighted by Gasteiger charge is 2.42. The highest BCUT2D eigenvalue weighted by atomic mass is 16.5. The fraction of sp³-hybridized carbons (Fsp3) is 1.00. The molecule has 1 saturated heterocycles. The first-order valence-electron chi connectivity index (χ1n) is 3.96. The van der Waals surface area contributed by atoms with Gasteiger partial charge in [-0.1, -0.05) is 0 Å². The molecule has 5 heteroatoms. The monoisotopic (exact) mass is 177 g/mol. The van der Waals surface area contributed by atoms with Crippen LogP contribution in [0.25, 0.3) is 0 Å². The summed E-state index contributed by atoms with van der Waals surface area (Å²) in [5, 5.41) is 27.3. The molecule has 0 aliphatic carbocycles. The summed E-state index contributed by atoms with van der Waals surface area (Å²) >= 11 is 0. The Morgan fingerprint density at radius 3 is 2.33 bits per heavy atom. The molecule has 1 heterocycles. The van der Waals surface area contributed by atoms with Gasteiger partial charge in [-0.25, -0.2) is 0 Å². The van der Waals surface area contributed by atoms with Crippen molar-refractivity contribution in [1.82, 2.24) is 0 Å². The van der Waals surface area contributed by atoms with Gasteiger partial charge in [0.05, 0.1) is 18.8 Å². The number of nitrogens with two attached hydrogens (primary N) is 1. The predicted molar refractivity (Wildman–Crippen MR) is 41.4 cm³/mol. The van der Waals surface area contributed by atoms with Crippen LogP contribution in [0, 0.1) is 0 Å². The van der Waals surface area contributed by atoms with Crippen LogP contribution < -0.4 is 5.73 Å². The zero-order chi connectivity index (χ0) is 9.30. The average molecular weight is 177 g/mol. The third kappa shape index (κ3) is 1.60. The minimum absolute atomic E-state index is 0.263. The van der Waals surface area contributed by atoms with Crippen LogP contribution in [-0.2, 0) is 4.74 Å². The second-order valence-corrected chi connectivity index (χ2v) is 3.13. The summed E-state index contributed by atoms with van der Waals surface area (Å²) in [4.78, 5) is 0. The molecule has 12 heavy (non-hydrogen) atoms. The van der Waals surface area contributed by atoms with E-state index in [4.69, 9.17) is 15.6 Å². The molecule has 5 atom stereocenters. The number of rotatable bonds is 2. The molecular weight excluding hydrogens is 162 g/mol. The molecule has 5 nitrogen and oxygen atoms in total. The van der Waals surface area contributed by atoms with Gasteiger partial charge in [-0.3, -0.25) is 0 Å². The van der Waals surface area contributed by atoms with Crippen molar-refractivity contribution in [2.24, 2.45) is 5.73 Å². The molecule has 1 aliphatic rings. The summed E-state index contributed by atoms with van der Waals surface area (Å²) in [6.07, 6.45) is -3.00. The molecule has 0 radical (unpaired) electrons. The summed E-state index contributed by atoms with van der Waals surface area (Å²) < 4.78 is 5.15. The normalized spacial score (nSPS) is 44.8. The Bertz CT molecular complexity index is 154. The van der Waals surface area contributed by atoms with Crippen molar-refractivity contribution in [1.29, 1.82) is 0 Å². The van der Waals surface area contributed by atoms with E-state index in [1.807, 2.05) is 0 Å². The van der Waals surface area contributed by atoms with E-state index in [9.17, 15) is 10.2 Å². The number of hydrogen-bond donors (Lipinski definition) is 4. The lowest BCUT2D eigenvalue weighted by atomic mass is 10.0. The van der Waals surface area contributed by atoms with Gasteiger partial charge in [0.1, 0.15) is 18.3 Å². The number of ether oxygens (including phenoxy) is 1. The Labute approximate surface area is 70.8 Å². The van der Waals surface area contributed by atoms with E-state index < -0.39 is 30.5 Å². The maximum absolute atomic E-state index is 9.36. The van der Waals surface area contributed by atoms with Gasteiger partial charge in [-0.2, -0.15) is 0 Å². The van der Waals surface area contributed by atoms with Crippen LogP contribution in [0.3, 0.4) is 0 Å². The number of aliphatic hydroxyl groups is 3. The Kier molecular flexibility index (Phi) is 3.03. The standard InChI is InChI=1S/C7H15NO4/c1-3-5(10)6(11)7(12-3)4(8)2-9/h3-7,9-11H,2,8H2,1H3/t3-,4+,5?,6+,7+/m0/s1. The van der Waals surface area contributed by atoms with Crippen molar-refractivity contribution in [3.63, 3.8) is 0 Å². The quantitative estimate of drug-likeness (QED) is 0.384. The second-order valence-electron chi connectivity index (χ2n) is 3.13. The van der Waals surface area contributed by atoms with Crippen molar-refractivity contribution in [2.45, 2.75) is 37.4 Å². The maximum atomic E-state index is 9.36. The Hall–Kier alpha value is -0.200. The first kappa shape index (κ1) is 9.88. The first-order valence-corrected chi connectivity index (χ1v) is 3.96. The van der Waals surface area contributed by atoms with Crippen LogP contribution in [-0.4, -0.2) is 52.4 Å². The lowest BCUT2D eigenvalue weighted by molar-refractivity contribution is -0.0104. The van der Waals surface area contributed by atoms with Crippen LogP contribution in [0.15, 0.2) is 0 Å². The lowest BCUT2D eigenvalue weighted by Gasteiger charge is -2.19. The topological polar surface area (TPSA) is 95.9 Å². The Balaban J connectivity index is 2.58. The van der Waals surface area contributed by atoms with Crippen LogP contribution in [0.2, 0.25) is 0 Å². The first-order chi connectivity index (χ1) is 5.57. The largest absolute Gasteiger partial charge is 0.395 e. The highest BCUT2D eigenvalue weighted by molar-refractivity contribution is 4.93. The van der Waals surface area contributed by atoms with Crippen LogP contribution in [0.4, 0.5) is 0 Å². The maximum Gasteiger partial charge on any atom is 0.110 e. The summed E-state index contributed by atoms with van der Waals surface area (Å²) in [6, 6.07) is -0.639. The van der Waals surface area contributed by atoms with Gasteiger partial charge in [0.15, 0.2) is 0 Å². The number of aliphatic hydroxyl groups excluding tert-OH is 3. The molecule has 5 N–H and O–H groups in total.